The van der Waals surface area contributed by atoms with Gasteiger partial charge in [0.15, 0.2) is 6.61 Å². The number of aryl methyl sites for hydroxylation is 1. The molecule has 174 valence electrons. The summed E-state index contributed by atoms with van der Waals surface area (Å²) in [7, 11) is 0. The lowest BCUT2D eigenvalue weighted by Crippen LogP contribution is -2.27. The molecule has 0 spiro atoms. The van der Waals surface area contributed by atoms with Gasteiger partial charge in [-0.15, -0.1) is 0 Å². The fourth-order valence-electron chi connectivity index (χ4n) is 4.19. The van der Waals surface area contributed by atoms with E-state index in [2.05, 4.69) is 44.5 Å². The van der Waals surface area contributed by atoms with E-state index >= 15 is 0 Å². The Kier molecular flexibility index (Phi) is 6.79. The van der Waals surface area contributed by atoms with Crippen molar-refractivity contribution in [2.75, 3.05) is 6.61 Å². The number of nitrogens with zero attached hydrogens (tertiary/aromatic N) is 3. The summed E-state index contributed by atoms with van der Waals surface area (Å²) in [4.78, 5) is 42.1. The van der Waals surface area contributed by atoms with Crippen LogP contribution in [0.3, 0.4) is 0 Å². The number of carbonyl (C=O) groups is 2. The lowest BCUT2D eigenvalue weighted by Gasteiger charge is -2.19. The van der Waals surface area contributed by atoms with Gasteiger partial charge in [-0.25, -0.2) is 4.98 Å². The quantitative estimate of drug-likeness (QED) is 0.262. The van der Waals surface area contributed by atoms with Crippen LogP contribution < -0.4 is 5.56 Å². The average molecular weight is 522 g/mol. The lowest BCUT2D eigenvalue weighted by molar-refractivity contribution is -0.143. The molecule has 4 rings (SSSR count). The molecule has 0 radical (unpaired) electrons. The first-order chi connectivity index (χ1) is 16.3. The maximum absolute atomic E-state index is 12.8. The Balaban J connectivity index is 1.45. The molecule has 2 heterocycles. The number of halogens is 1. The van der Waals surface area contributed by atoms with E-state index in [4.69, 9.17) is 4.74 Å². The van der Waals surface area contributed by atoms with E-state index in [0.717, 1.165) is 21.4 Å². The van der Waals surface area contributed by atoms with Gasteiger partial charge >= 0.3 is 5.97 Å². The van der Waals surface area contributed by atoms with Crippen LogP contribution in [-0.4, -0.2) is 32.5 Å². The van der Waals surface area contributed by atoms with Crippen LogP contribution in [0.1, 0.15) is 40.3 Å². The minimum absolute atomic E-state index is 0.0533. The summed E-state index contributed by atoms with van der Waals surface area (Å²) in [6.45, 7) is 5.19. The van der Waals surface area contributed by atoms with Crippen molar-refractivity contribution in [1.29, 1.82) is 0 Å². The lowest BCUT2D eigenvalue weighted by atomic mass is 10.1. The summed E-state index contributed by atoms with van der Waals surface area (Å²) in [5.74, 6) is -0.973. The van der Waals surface area contributed by atoms with E-state index in [9.17, 15) is 14.4 Å². The minimum Gasteiger partial charge on any atom is -0.456 e. The first kappa shape index (κ1) is 23.6. The van der Waals surface area contributed by atoms with Crippen molar-refractivity contribution in [3.63, 3.8) is 0 Å². The fourth-order valence-corrected chi connectivity index (χ4v) is 4.55. The van der Waals surface area contributed by atoms with Gasteiger partial charge in [0.05, 0.1) is 23.3 Å². The maximum atomic E-state index is 12.8. The highest BCUT2D eigenvalue weighted by Gasteiger charge is 2.21. The Hall–Kier alpha value is -3.52. The van der Waals surface area contributed by atoms with Crippen LogP contribution in [0.25, 0.3) is 10.9 Å². The van der Waals surface area contributed by atoms with Gasteiger partial charge in [-0.1, -0.05) is 46.3 Å². The van der Waals surface area contributed by atoms with Gasteiger partial charge in [0.25, 0.3) is 5.56 Å². The molecular weight excluding hydrogens is 498 g/mol. The van der Waals surface area contributed by atoms with Gasteiger partial charge in [-0.3, -0.25) is 19.0 Å². The highest BCUT2D eigenvalue weighted by atomic mass is 79.9. The molecule has 0 aliphatic heterocycles. The zero-order chi connectivity index (χ0) is 24.4. The Morgan fingerprint density at radius 3 is 2.56 bits per heavy atom. The third-order valence-corrected chi connectivity index (χ3v) is 6.40. The topological polar surface area (TPSA) is 83.2 Å². The van der Waals surface area contributed by atoms with Crippen LogP contribution in [0, 0.1) is 13.8 Å². The standard InChI is InChI=1S/C26H24BrN3O4/c1-16-11-21(18(3)30(16)17(2)19-7-5-4-6-8-19)24(31)14-34-25(32)13-29-15-28-23-10-9-20(27)12-22(23)26(29)33/h4-12,15,17H,13-14H2,1-3H3. The Bertz CT molecular complexity index is 1440. The van der Waals surface area contributed by atoms with Crippen LogP contribution in [0.15, 0.2) is 70.2 Å². The molecule has 2 aromatic heterocycles. The molecule has 1 unspecified atom stereocenters. The van der Waals surface area contributed by atoms with E-state index in [1.165, 1.54) is 10.9 Å². The van der Waals surface area contributed by atoms with Gasteiger partial charge in [-0.05, 0) is 50.6 Å². The highest BCUT2D eigenvalue weighted by Crippen LogP contribution is 2.25. The van der Waals surface area contributed by atoms with Crippen molar-refractivity contribution < 1.29 is 14.3 Å². The first-order valence-corrected chi connectivity index (χ1v) is 11.6. The first-order valence-electron chi connectivity index (χ1n) is 10.8. The molecule has 7 nitrogen and oxygen atoms in total. The van der Waals surface area contributed by atoms with Crippen LogP contribution in [0.2, 0.25) is 0 Å². The molecule has 1 atom stereocenters. The number of esters is 1. The zero-order valence-corrected chi connectivity index (χ0v) is 20.7. The van der Waals surface area contributed by atoms with Crippen molar-refractivity contribution >= 4 is 38.6 Å². The van der Waals surface area contributed by atoms with Crippen molar-refractivity contribution in [1.82, 2.24) is 14.1 Å². The fraction of sp³-hybridized carbons (Fsp3) is 0.231. The molecule has 8 heteroatoms. The van der Waals surface area contributed by atoms with E-state index in [1.54, 1.807) is 18.2 Å². The third-order valence-electron chi connectivity index (χ3n) is 5.90. The number of hydrogen-bond donors (Lipinski definition) is 0. The number of ketones is 1. The van der Waals surface area contributed by atoms with E-state index in [-0.39, 0.29) is 23.9 Å². The molecular formula is C26H24BrN3O4. The van der Waals surface area contributed by atoms with Crippen LogP contribution in [0.5, 0.6) is 0 Å². The number of aromatic nitrogens is 3. The molecule has 0 fully saturated rings. The van der Waals surface area contributed by atoms with Crippen LogP contribution in [0.4, 0.5) is 0 Å². The second-order valence-electron chi connectivity index (χ2n) is 8.16. The number of fused-ring (bicyclic) bond motifs is 1. The van der Waals surface area contributed by atoms with Crippen LogP contribution >= 0.6 is 15.9 Å². The van der Waals surface area contributed by atoms with E-state index in [0.29, 0.717) is 16.5 Å². The van der Waals surface area contributed by atoms with Gasteiger partial charge < -0.3 is 9.30 Å². The number of Topliss-reactive ketones (excluding diaryl/α,β-unsaturated/α-hetero) is 1. The van der Waals surface area contributed by atoms with Crippen molar-refractivity contribution in [3.05, 3.63) is 98.3 Å². The Morgan fingerprint density at radius 1 is 1.09 bits per heavy atom. The van der Waals surface area contributed by atoms with Crippen molar-refractivity contribution in [3.8, 4) is 0 Å². The Labute approximate surface area is 205 Å². The summed E-state index contributed by atoms with van der Waals surface area (Å²) in [5.41, 5.74) is 3.60. The predicted octanol–water partition coefficient (Wildman–Crippen LogP) is 4.61. The molecule has 0 amide bonds. The molecule has 2 aromatic carbocycles. The van der Waals surface area contributed by atoms with E-state index < -0.39 is 12.6 Å². The molecule has 0 N–H and O–H groups in total. The molecule has 0 saturated carbocycles. The maximum Gasteiger partial charge on any atom is 0.326 e. The molecule has 4 aromatic rings. The average Bonchev–Trinajstić information content (AvgIpc) is 3.13. The van der Waals surface area contributed by atoms with Gasteiger partial charge in [0.1, 0.15) is 6.54 Å². The second-order valence-corrected chi connectivity index (χ2v) is 9.08. The normalized spacial score (nSPS) is 12.0. The number of ether oxygens (including phenoxy) is 1. The van der Waals surface area contributed by atoms with Crippen molar-refractivity contribution in [2.45, 2.75) is 33.4 Å². The largest absolute Gasteiger partial charge is 0.456 e. The highest BCUT2D eigenvalue weighted by molar-refractivity contribution is 9.10. The van der Waals surface area contributed by atoms with E-state index in [1.807, 2.05) is 38.1 Å². The third kappa shape index (κ3) is 4.72. The number of hydrogen-bond acceptors (Lipinski definition) is 5. The van der Waals surface area contributed by atoms with Gasteiger partial charge in [0, 0.05) is 21.4 Å². The minimum atomic E-state index is -0.682. The van der Waals surface area contributed by atoms with Gasteiger partial charge in [-0.2, -0.15) is 0 Å². The predicted molar refractivity (Wildman–Crippen MR) is 133 cm³/mol. The number of carbonyl (C=O) groups excluding carboxylic acids is 2. The smallest absolute Gasteiger partial charge is 0.326 e. The Morgan fingerprint density at radius 2 is 1.82 bits per heavy atom. The zero-order valence-electron chi connectivity index (χ0n) is 19.1. The molecule has 34 heavy (non-hydrogen) atoms. The SMILES string of the molecule is Cc1cc(C(=O)COC(=O)Cn2cnc3ccc(Br)cc3c2=O)c(C)n1C(C)c1ccccc1. The molecule has 0 bridgehead atoms. The molecule has 0 aliphatic rings. The summed E-state index contributed by atoms with van der Waals surface area (Å²) in [5, 5.41) is 0.390. The number of benzene rings is 2. The summed E-state index contributed by atoms with van der Waals surface area (Å²) in [6.07, 6.45) is 1.31. The van der Waals surface area contributed by atoms with Gasteiger partial charge in [0.2, 0.25) is 5.78 Å². The number of rotatable bonds is 7. The summed E-state index contributed by atoms with van der Waals surface area (Å²) in [6, 6.07) is 17.1. The molecule has 0 aliphatic carbocycles. The summed E-state index contributed by atoms with van der Waals surface area (Å²) >= 11 is 3.33. The second kappa shape index (κ2) is 9.77. The van der Waals surface area contributed by atoms with Crippen LogP contribution in [-0.2, 0) is 16.1 Å². The van der Waals surface area contributed by atoms with Crippen molar-refractivity contribution in [2.24, 2.45) is 0 Å². The molecule has 0 saturated heterocycles. The summed E-state index contributed by atoms with van der Waals surface area (Å²) < 4.78 is 9.22. The monoisotopic (exact) mass is 521 g/mol.